The second-order valence-corrected chi connectivity index (χ2v) is 7.58. The molecule has 3 aliphatic heterocycles. The highest BCUT2D eigenvalue weighted by Crippen LogP contribution is 2.38. The maximum absolute atomic E-state index is 13.1. The van der Waals surface area contributed by atoms with Gasteiger partial charge in [0.2, 0.25) is 12.7 Å². The average Bonchev–Trinajstić information content (AvgIpc) is 3.33. The molecule has 11 heteroatoms. The Morgan fingerprint density at radius 2 is 1.83 bits per heavy atom. The predicted octanol–water partition coefficient (Wildman–Crippen LogP) is 1.39. The van der Waals surface area contributed by atoms with Crippen molar-refractivity contribution in [3.63, 3.8) is 0 Å². The summed E-state index contributed by atoms with van der Waals surface area (Å²) in [6.45, 7) is 4.25. The molecular formula is C19H23F3N4O4. The van der Waals surface area contributed by atoms with E-state index in [0.29, 0.717) is 19.6 Å². The number of carbonyl (C=O) groups is 1. The zero-order chi connectivity index (χ0) is 21.4. The summed E-state index contributed by atoms with van der Waals surface area (Å²) < 4.78 is 50.0. The fourth-order valence-electron chi connectivity index (χ4n) is 3.77. The van der Waals surface area contributed by atoms with Gasteiger partial charge in [0.05, 0.1) is 0 Å². The summed E-state index contributed by atoms with van der Waals surface area (Å²) in [7, 11) is 0. The van der Waals surface area contributed by atoms with Crippen molar-refractivity contribution in [2.45, 2.75) is 31.3 Å². The number of carbonyl (C=O) groups excluding carboxylic acids is 1. The third-order valence-corrected chi connectivity index (χ3v) is 5.56. The lowest BCUT2D eigenvalue weighted by molar-refractivity contribution is -0.302. The van der Waals surface area contributed by atoms with Crippen LogP contribution in [0.5, 0.6) is 11.5 Å². The predicted molar refractivity (Wildman–Crippen MR) is 99.9 cm³/mol. The third kappa shape index (κ3) is 4.09. The lowest BCUT2D eigenvalue weighted by Gasteiger charge is -2.36. The van der Waals surface area contributed by atoms with Gasteiger partial charge in [-0.3, -0.25) is 9.69 Å². The van der Waals surface area contributed by atoms with Gasteiger partial charge in [0.25, 0.3) is 5.72 Å². The fourth-order valence-corrected chi connectivity index (χ4v) is 3.77. The summed E-state index contributed by atoms with van der Waals surface area (Å²) in [5.41, 5.74) is -2.13. The first-order chi connectivity index (χ1) is 14.3. The molecule has 30 heavy (non-hydrogen) atoms. The number of aliphatic hydroxyl groups is 1. The average molecular weight is 428 g/mol. The normalized spacial score (nSPS) is 24.6. The van der Waals surface area contributed by atoms with E-state index in [4.69, 9.17) is 9.47 Å². The molecule has 1 saturated heterocycles. The van der Waals surface area contributed by atoms with Crippen LogP contribution in [0.3, 0.4) is 0 Å². The minimum atomic E-state index is -4.96. The first-order valence-electron chi connectivity index (χ1n) is 9.74. The number of ether oxygens (including phenoxy) is 2. The molecule has 0 bridgehead atoms. The van der Waals surface area contributed by atoms with Crippen LogP contribution in [-0.2, 0) is 11.3 Å². The first kappa shape index (κ1) is 20.9. The molecule has 0 aromatic heterocycles. The molecule has 0 spiro atoms. The van der Waals surface area contributed by atoms with Gasteiger partial charge in [-0.1, -0.05) is 6.07 Å². The van der Waals surface area contributed by atoms with Crippen molar-refractivity contribution < 1.29 is 32.5 Å². The van der Waals surface area contributed by atoms with E-state index in [1.807, 2.05) is 23.1 Å². The van der Waals surface area contributed by atoms with Crippen LogP contribution in [0.2, 0.25) is 0 Å². The van der Waals surface area contributed by atoms with Crippen LogP contribution in [0, 0.1) is 0 Å². The van der Waals surface area contributed by atoms with Crippen molar-refractivity contribution in [3.8, 4) is 11.5 Å². The lowest BCUT2D eigenvalue weighted by atomic mass is 10.1. The van der Waals surface area contributed by atoms with E-state index in [9.17, 15) is 23.1 Å². The van der Waals surface area contributed by atoms with Gasteiger partial charge in [0.15, 0.2) is 11.5 Å². The van der Waals surface area contributed by atoms with E-state index in [-0.39, 0.29) is 18.2 Å². The molecule has 1 fully saturated rings. The van der Waals surface area contributed by atoms with E-state index in [1.54, 1.807) is 0 Å². The van der Waals surface area contributed by atoms with Crippen LogP contribution < -0.4 is 9.47 Å². The Morgan fingerprint density at radius 3 is 2.57 bits per heavy atom. The van der Waals surface area contributed by atoms with Gasteiger partial charge in [0, 0.05) is 58.3 Å². The number of fused-ring (bicyclic) bond motifs is 1. The molecule has 3 heterocycles. The van der Waals surface area contributed by atoms with Crippen LogP contribution in [0.4, 0.5) is 13.2 Å². The van der Waals surface area contributed by atoms with Gasteiger partial charge >= 0.3 is 6.18 Å². The highest BCUT2D eigenvalue weighted by molar-refractivity contribution is 5.80. The summed E-state index contributed by atoms with van der Waals surface area (Å²) in [6.07, 6.45) is -4.93. The third-order valence-electron chi connectivity index (χ3n) is 5.56. The largest absolute Gasteiger partial charge is 0.454 e. The molecule has 0 radical (unpaired) electrons. The topological polar surface area (TPSA) is 77.8 Å². The second-order valence-electron chi connectivity index (χ2n) is 7.58. The van der Waals surface area contributed by atoms with Crippen molar-refractivity contribution in [1.29, 1.82) is 0 Å². The molecule has 1 atom stereocenters. The zero-order valence-electron chi connectivity index (χ0n) is 16.3. The van der Waals surface area contributed by atoms with Gasteiger partial charge in [0.1, 0.15) is 0 Å². The fraction of sp³-hybridized carbons (Fsp3) is 0.579. The number of alkyl halides is 3. The molecule has 0 aliphatic carbocycles. The molecule has 164 valence electrons. The molecule has 3 aliphatic rings. The highest BCUT2D eigenvalue weighted by atomic mass is 19.4. The molecule has 1 unspecified atom stereocenters. The van der Waals surface area contributed by atoms with Crippen LogP contribution in [0.1, 0.15) is 18.4 Å². The van der Waals surface area contributed by atoms with Crippen LogP contribution >= 0.6 is 0 Å². The first-order valence-corrected chi connectivity index (χ1v) is 9.74. The van der Waals surface area contributed by atoms with E-state index in [1.165, 1.54) is 0 Å². The number of hydrogen-bond acceptors (Lipinski definition) is 7. The van der Waals surface area contributed by atoms with E-state index < -0.39 is 24.2 Å². The number of amides is 1. The molecular weight excluding hydrogens is 405 g/mol. The Labute approximate surface area is 171 Å². The van der Waals surface area contributed by atoms with Crippen molar-refractivity contribution in [1.82, 2.24) is 14.8 Å². The van der Waals surface area contributed by atoms with Gasteiger partial charge in [-0.2, -0.15) is 23.3 Å². The Morgan fingerprint density at radius 1 is 1.13 bits per heavy atom. The summed E-state index contributed by atoms with van der Waals surface area (Å²) in [4.78, 5) is 16.5. The monoisotopic (exact) mass is 428 g/mol. The summed E-state index contributed by atoms with van der Waals surface area (Å²) in [5.74, 6) is 0.646. The molecule has 1 amide bonds. The number of benzene rings is 1. The number of hydrazone groups is 1. The number of piperazine rings is 1. The van der Waals surface area contributed by atoms with E-state index in [0.717, 1.165) is 42.9 Å². The van der Waals surface area contributed by atoms with Gasteiger partial charge in [-0.25, -0.2) is 0 Å². The Bertz CT molecular complexity index is 826. The van der Waals surface area contributed by atoms with Crippen LogP contribution in [0.25, 0.3) is 0 Å². The highest BCUT2D eigenvalue weighted by Gasteiger charge is 2.61. The zero-order valence-corrected chi connectivity index (χ0v) is 16.3. The Kier molecular flexibility index (Phi) is 5.60. The number of nitrogens with zero attached hydrogens (tertiary/aromatic N) is 4. The van der Waals surface area contributed by atoms with Crippen molar-refractivity contribution in [2.75, 3.05) is 39.5 Å². The minimum absolute atomic E-state index is 0.141. The SMILES string of the molecule is O=C(CCN1CCN(Cc2ccc3c(c2)OCO3)CC1)N1N=CCC1(O)C(F)(F)F. The maximum Gasteiger partial charge on any atom is 0.438 e. The van der Waals surface area contributed by atoms with E-state index >= 15 is 0 Å². The van der Waals surface area contributed by atoms with Crippen LogP contribution in [0.15, 0.2) is 23.3 Å². The van der Waals surface area contributed by atoms with Crippen molar-refractivity contribution in [3.05, 3.63) is 23.8 Å². The smallest absolute Gasteiger partial charge is 0.438 e. The molecule has 1 aromatic carbocycles. The van der Waals surface area contributed by atoms with Gasteiger partial charge in [-0.05, 0) is 17.7 Å². The second kappa shape index (κ2) is 8.05. The van der Waals surface area contributed by atoms with Crippen LogP contribution in [-0.4, -0.2) is 83.5 Å². The molecule has 8 nitrogen and oxygen atoms in total. The van der Waals surface area contributed by atoms with Crippen molar-refractivity contribution >= 4 is 12.1 Å². The Hall–Kier alpha value is -2.37. The quantitative estimate of drug-likeness (QED) is 0.764. The number of hydrogen-bond donors (Lipinski definition) is 1. The maximum atomic E-state index is 13.1. The summed E-state index contributed by atoms with van der Waals surface area (Å²) in [5, 5.41) is 13.5. The van der Waals surface area contributed by atoms with Gasteiger partial charge < -0.3 is 19.5 Å². The molecule has 0 saturated carbocycles. The summed E-state index contributed by atoms with van der Waals surface area (Å²) in [6, 6.07) is 5.85. The molecule has 4 rings (SSSR count). The van der Waals surface area contributed by atoms with E-state index in [2.05, 4.69) is 10.0 Å². The standard InChI is InChI=1S/C19H23F3N4O4/c20-19(21,22)18(28)4-5-23-26(18)17(27)3-6-24-7-9-25(10-8-24)12-14-1-2-15-16(11-14)30-13-29-15/h1-2,5,11,28H,3-4,6-10,12-13H2. The molecule has 1 aromatic rings. The number of rotatable bonds is 5. The molecule has 1 N–H and O–H groups in total. The lowest BCUT2D eigenvalue weighted by Crippen LogP contribution is -2.57. The number of halogens is 3. The van der Waals surface area contributed by atoms with Crippen molar-refractivity contribution in [2.24, 2.45) is 5.10 Å². The summed E-state index contributed by atoms with van der Waals surface area (Å²) >= 11 is 0. The Balaban J connectivity index is 1.23. The van der Waals surface area contributed by atoms with Gasteiger partial charge in [-0.15, -0.1) is 0 Å². The minimum Gasteiger partial charge on any atom is -0.454 e.